The smallest absolute Gasteiger partial charge is 0.317 e. The summed E-state index contributed by atoms with van der Waals surface area (Å²) >= 11 is 0. The van der Waals surface area contributed by atoms with Crippen LogP contribution in [0.25, 0.3) is 0 Å². The average molecular weight is 267 g/mol. The fourth-order valence-electron chi connectivity index (χ4n) is 3.56. The Labute approximate surface area is 115 Å². The summed E-state index contributed by atoms with van der Waals surface area (Å²) in [5.41, 5.74) is 0. The van der Waals surface area contributed by atoms with Crippen LogP contribution < -0.4 is 10.6 Å². The Balaban J connectivity index is 1.51. The van der Waals surface area contributed by atoms with Gasteiger partial charge in [0.25, 0.3) is 0 Å². The maximum Gasteiger partial charge on any atom is 0.317 e. The molecule has 2 aliphatic heterocycles. The lowest BCUT2D eigenvalue weighted by Crippen LogP contribution is -2.46. The Bertz CT molecular complexity index is 312. The average Bonchev–Trinajstić information content (AvgIpc) is 2.82. The molecule has 2 amide bonds. The number of rotatable bonds is 3. The van der Waals surface area contributed by atoms with E-state index in [0.29, 0.717) is 12.0 Å². The highest BCUT2D eigenvalue weighted by Gasteiger charge is 2.35. The topological polar surface area (TPSA) is 53.6 Å². The summed E-state index contributed by atoms with van der Waals surface area (Å²) in [6.45, 7) is 4.13. The summed E-state index contributed by atoms with van der Waals surface area (Å²) in [7, 11) is 0. The number of ether oxygens (including phenoxy) is 1. The summed E-state index contributed by atoms with van der Waals surface area (Å²) < 4.78 is 5.68. The minimum atomic E-state index is 0.102. The number of carbonyl (C=O) groups is 1. The van der Waals surface area contributed by atoms with Gasteiger partial charge in [0, 0.05) is 26.2 Å². The monoisotopic (exact) mass is 267 g/mol. The number of hydrogen-bond acceptors (Lipinski definition) is 3. The summed E-state index contributed by atoms with van der Waals surface area (Å²) in [4.78, 5) is 14.0. The molecule has 0 aromatic carbocycles. The molecule has 2 saturated heterocycles. The molecule has 3 fully saturated rings. The van der Waals surface area contributed by atoms with Crippen LogP contribution in [0.3, 0.4) is 0 Å². The molecule has 1 saturated carbocycles. The molecular weight excluding hydrogens is 242 g/mol. The van der Waals surface area contributed by atoms with Gasteiger partial charge in [-0.1, -0.05) is 19.3 Å². The van der Waals surface area contributed by atoms with E-state index in [1.807, 2.05) is 4.90 Å². The first-order valence-electron chi connectivity index (χ1n) is 7.70. The molecule has 2 N–H and O–H groups in total. The fourth-order valence-corrected chi connectivity index (χ4v) is 3.56. The van der Waals surface area contributed by atoms with Crippen molar-refractivity contribution in [1.29, 1.82) is 0 Å². The number of urea groups is 1. The zero-order valence-electron chi connectivity index (χ0n) is 11.6. The fraction of sp³-hybridized carbons (Fsp3) is 0.929. The second kappa shape index (κ2) is 6.09. The van der Waals surface area contributed by atoms with E-state index in [1.165, 1.54) is 32.1 Å². The number of nitrogens with zero attached hydrogens (tertiary/aromatic N) is 1. The zero-order chi connectivity index (χ0) is 13.1. The Hall–Kier alpha value is -0.810. The maximum atomic E-state index is 12.0. The van der Waals surface area contributed by atoms with E-state index in [1.54, 1.807) is 0 Å². The van der Waals surface area contributed by atoms with Crippen molar-refractivity contribution in [3.05, 3.63) is 0 Å². The normalized spacial score (nSPS) is 33.5. The molecule has 0 aromatic heterocycles. The Kier molecular flexibility index (Phi) is 4.23. The van der Waals surface area contributed by atoms with E-state index >= 15 is 0 Å². The first-order chi connectivity index (χ1) is 9.33. The SMILES string of the molecule is O=C1NC(C2CCCCC2)CN1CC1CNCCO1. The van der Waals surface area contributed by atoms with E-state index in [4.69, 9.17) is 4.74 Å². The Morgan fingerprint density at radius 3 is 2.84 bits per heavy atom. The lowest BCUT2D eigenvalue weighted by molar-refractivity contribution is 0.0142. The molecule has 1 aliphatic carbocycles. The largest absolute Gasteiger partial charge is 0.374 e. The van der Waals surface area contributed by atoms with Crippen LogP contribution in [-0.2, 0) is 4.74 Å². The summed E-state index contributed by atoms with van der Waals surface area (Å²) in [5.74, 6) is 0.688. The van der Waals surface area contributed by atoms with Gasteiger partial charge in [-0.25, -0.2) is 4.79 Å². The molecule has 3 rings (SSSR count). The predicted octanol–water partition coefficient (Wildman–Crippen LogP) is 0.949. The van der Waals surface area contributed by atoms with Gasteiger partial charge in [0.15, 0.2) is 0 Å². The molecule has 2 heterocycles. The Morgan fingerprint density at radius 1 is 1.26 bits per heavy atom. The van der Waals surface area contributed by atoms with Gasteiger partial charge in [-0.15, -0.1) is 0 Å². The second-order valence-corrected chi connectivity index (χ2v) is 6.06. The molecular formula is C14H25N3O2. The quantitative estimate of drug-likeness (QED) is 0.800. The third kappa shape index (κ3) is 3.20. The molecule has 0 radical (unpaired) electrons. The molecule has 3 aliphatic rings. The number of nitrogens with one attached hydrogen (secondary N) is 2. The van der Waals surface area contributed by atoms with Crippen LogP contribution >= 0.6 is 0 Å². The number of morpholine rings is 1. The van der Waals surface area contributed by atoms with Gasteiger partial charge in [-0.3, -0.25) is 0 Å². The van der Waals surface area contributed by atoms with Crippen LogP contribution in [0.5, 0.6) is 0 Å². The van der Waals surface area contributed by atoms with E-state index in [9.17, 15) is 4.79 Å². The zero-order valence-corrected chi connectivity index (χ0v) is 11.6. The lowest BCUT2D eigenvalue weighted by Gasteiger charge is -2.28. The van der Waals surface area contributed by atoms with Gasteiger partial charge in [0.2, 0.25) is 0 Å². The minimum absolute atomic E-state index is 0.102. The number of carbonyl (C=O) groups excluding carboxylic acids is 1. The van der Waals surface area contributed by atoms with Crippen molar-refractivity contribution >= 4 is 6.03 Å². The highest BCUT2D eigenvalue weighted by Crippen LogP contribution is 2.28. The molecule has 19 heavy (non-hydrogen) atoms. The van der Waals surface area contributed by atoms with Crippen LogP contribution in [-0.4, -0.2) is 55.9 Å². The van der Waals surface area contributed by atoms with E-state index in [-0.39, 0.29) is 12.1 Å². The van der Waals surface area contributed by atoms with E-state index < -0.39 is 0 Å². The van der Waals surface area contributed by atoms with Crippen LogP contribution in [0.4, 0.5) is 4.79 Å². The third-order valence-corrected chi connectivity index (χ3v) is 4.66. The lowest BCUT2D eigenvalue weighted by atomic mass is 9.84. The molecule has 2 unspecified atom stereocenters. The highest BCUT2D eigenvalue weighted by atomic mass is 16.5. The van der Waals surface area contributed by atoms with Gasteiger partial charge >= 0.3 is 6.03 Å². The van der Waals surface area contributed by atoms with Crippen LogP contribution in [0.1, 0.15) is 32.1 Å². The number of hydrogen-bond donors (Lipinski definition) is 2. The van der Waals surface area contributed by atoms with E-state index in [0.717, 1.165) is 32.8 Å². The summed E-state index contributed by atoms with van der Waals surface area (Å²) in [5, 5.41) is 6.49. The van der Waals surface area contributed by atoms with Crippen LogP contribution in [0.2, 0.25) is 0 Å². The standard InChI is InChI=1S/C14H25N3O2/c18-14-16-13(11-4-2-1-3-5-11)10-17(14)9-12-8-15-6-7-19-12/h11-13,15H,1-10H2,(H,16,18). The van der Waals surface area contributed by atoms with Crippen molar-refractivity contribution in [2.45, 2.75) is 44.2 Å². The molecule has 5 heteroatoms. The van der Waals surface area contributed by atoms with Gasteiger partial charge in [-0.2, -0.15) is 0 Å². The predicted molar refractivity (Wildman–Crippen MR) is 73.1 cm³/mol. The third-order valence-electron chi connectivity index (χ3n) is 4.66. The molecule has 2 atom stereocenters. The highest BCUT2D eigenvalue weighted by molar-refractivity contribution is 5.77. The van der Waals surface area contributed by atoms with Crippen molar-refractivity contribution in [3.63, 3.8) is 0 Å². The molecule has 5 nitrogen and oxygen atoms in total. The van der Waals surface area contributed by atoms with Gasteiger partial charge in [0.05, 0.1) is 18.8 Å². The Morgan fingerprint density at radius 2 is 2.11 bits per heavy atom. The van der Waals surface area contributed by atoms with Gasteiger partial charge in [-0.05, 0) is 18.8 Å². The van der Waals surface area contributed by atoms with Crippen molar-refractivity contribution in [3.8, 4) is 0 Å². The summed E-state index contributed by atoms with van der Waals surface area (Å²) in [6, 6.07) is 0.467. The van der Waals surface area contributed by atoms with Crippen molar-refractivity contribution < 1.29 is 9.53 Å². The molecule has 0 aromatic rings. The molecule has 108 valence electrons. The maximum absolute atomic E-state index is 12.0. The first kappa shape index (κ1) is 13.2. The summed E-state index contributed by atoms with van der Waals surface area (Å²) in [6.07, 6.45) is 6.73. The second-order valence-electron chi connectivity index (χ2n) is 6.06. The molecule has 0 spiro atoms. The number of amides is 2. The van der Waals surface area contributed by atoms with Crippen LogP contribution in [0.15, 0.2) is 0 Å². The molecule has 0 bridgehead atoms. The van der Waals surface area contributed by atoms with Crippen molar-refractivity contribution in [2.24, 2.45) is 5.92 Å². The van der Waals surface area contributed by atoms with Crippen LogP contribution in [0, 0.1) is 5.92 Å². The first-order valence-corrected chi connectivity index (χ1v) is 7.70. The van der Waals surface area contributed by atoms with E-state index in [2.05, 4.69) is 10.6 Å². The van der Waals surface area contributed by atoms with Crippen molar-refractivity contribution in [2.75, 3.05) is 32.8 Å². The van der Waals surface area contributed by atoms with Gasteiger partial charge < -0.3 is 20.3 Å². The van der Waals surface area contributed by atoms with Gasteiger partial charge in [0.1, 0.15) is 0 Å². The minimum Gasteiger partial charge on any atom is -0.374 e. The van der Waals surface area contributed by atoms with Crippen molar-refractivity contribution in [1.82, 2.24) is 15.5 Å².